The Labute approximate surface area is 115 Å². The zero-order valence-corrected chi connectivity index (χ0v) is 11.2. The van der Waals surface area contributed by atoms with Crippen LogP contribution in [0, 0.1) is 0 Å². The Kier molecular flexibility index (Phi) is 4.27. The van der Waals surface area contributed by atoms with Crippen molar-refractivity contribution in [1.82, 2.24) is 4.98 Å². The summed E-state index contributed by atoms with van der Waals surface area (Å²) in [5, 5.41) is 1.06. The molecule has 1 heterocycles. The maximum Gasteiger partial charge on any atom is 0.0640 e. The van der Waals surface area contributed by atoms with Crippen LogP contribution in [0.5, 0.6) is 0 Å². The maximum absolute atomic E-state index is 6.35. The number of aromatic nitrogens is 1. The summed E-state index contributed by atoms with van der Waals surface area (Å²) in [6.45, 7) is 0. The van der Waals surface area contributed by atoms with Crippen LogP contribution in [0.25, 0.3) is 0 Å². The number of nitrogens with zero attached hydrogens (tertiary/aromatic N) is 1. The predicted octanol–water partition coefficient (Wildman–Crippen LogP) is 4.91. The van der Waals surface area contributed by atoms with Crippen LogP contribution in [0.3, 0.4) is 0 Å². The van der Waals surface area contributed by atoms with Crippen LogP contribution in [0.1, 0.15) is 16.5 Å². The average Bonchev–Trinajstić information content (AvgIpc) is 2.30. The highest BCUT2D eigenvalue weighted by atomic mass is 35.5. The second kappa shape index (κ2) is 5.72. The van der Waals surface area contributed by atoms with Gasteiger partial charge in [0.25, 0.3) is 0 Å². The van der Waals surface area contributed by atoms with E-state index in [2.05, 4.69) is 4.98 Å². The summed E-state index contributed by atoms with van der Waals surface area (Å²) in [6, 6.07) is 9.26. The molecule has 2 aromatic rings. The largest absolute Gasteiger partial charge is 0.265 e. The van der Waals surface area contributed by atoms with Crippen LogP contribution in [0.4, 0.5) is 0 Å². The van der Waals surface area contributed by atoms with E-state index in [4.69, 9.17) is 34.8 Å². The summed E-state index contributed by atoms with van der Waals surface area (Å²) in [6.07, 6.45) is 4.22. The smallest absolute Gasteiger partial charge is 0.0640 e. The second-order valence-electron chi connectivity index (χ2n) is 3.69. The molecule has 0 radical (unpaired) electrons. The summed E-state index contributed by atoms with van der Waals surface area (Å²) in [5.41, 5.74) is 2.03. The molecule has 0 aliphatic heterocycles. The third-order valence-electron chi connectivity index (χ3n) is 2.46. The fourth-order valence-electron chi connectivity index (χ4n) is 1.59. The highest BCUT2D eigenvalue weighted by molar-refractivity contribution is 6.35. The fraction of sp³-hybridized carbons (Fsp3) is 0.154. The number of halogens is 3. The lowest BCUT2D eigenvalue weighted by atomic mass is 10.0. The molecule has 0 bridgehead atoms. The first-order chi connectivity index (χ1) is 8.16. The molecular formula is C13H10Cl3N. The molecule has 0 fully saturated rings. The van der Waals surface area contributed by atoms with Crippen LogP contribution in [-0.4, -0.2) is 4.98 Å². The van der Waals surface area contributed by atoms with Gasteiger partial charge in [0.15, 0.2) is 0 Å². The first-order valence-electron chi connectivity index (χ1n) is 5.15. The molecule has 1 unspecified atom stereocenters. The first kappa shape index (κ1) is 12.7. The number of hydrogen-bond acceptors (Lipinski definition) is 1. The minimum Gasteiger partial charge on any atom is -0.265 e. The van der Waals surface area contributed by atoms with Gasteiger partial charge in [0, 0.05) is 22.4 Å². The van der Waals surface area contributed by atoms with E-state index in [-0.39, 0.29) is 5.38 Å². The Balaban J connectivity index is 2.17. The highest BCUT2D eigenvalue weighted by Gasteiger charge is 2.12. The van der Waals surface area contributed by atoms with Gasteiger partial charge in [-0.3, -0.25) is 4.98 Å². The van der Waals surface area contributed by atoms with Gasteiger partial charge < -0.3 is 0 Å². The Bertz CT molecular complexity index is 499. The molecule has 0 saturated heterocycles. The van der Waals surface area contributed by atoms with Crippen LogP contribution < -0.4 is 0 Å². The molecule has 1 aromatic heterocycles. The third-order valence-corrected chi connectivity index (χ3v) is 3.42. The van der Waals surface area contributed by atoms with Gasteiger partial charge in [0.2, 0.25) is 0 Å². The van der Waals surface area contributed by atoms with E-state index in [1.807, 2.05) is 18.2 Å². The third kappa shape index (κ3) is 3.35. The lowest BCUT2D eigenvalue weighted by molar-refractivity contribution is 0.916. The van der Waals surface area contributed by atoms with E-state index in [0.717, 1.165) is 11.1 Å². The van der Waals surface area contributed by atoms with Crippen LogP contribution >= 0.6 is 34.8 Å². The van der Waals surface area contributed by atoms with Gasteiger partial charge >= 0.3 is 0 Å². The van der Waals surface area contributed by atoms with Gasteiger partial charge in [-0.1, -0.05) is 29.3 Å². The number of pyridine rings is 1. The van der Waals surface area contributed by atoms with Crippen molar-refractivity contribution in [3.8, 4) is 0 Å². The minimum atomic E-state index is -0.165. The van der Waals surface area contributed by atoms with E-state index in [1.54, 1.807) is 24.5 Å². The van der Waals surface area contributed by atoms with E-state index in [1.165, 1.54) is 0 Å². The normalized spacial score (nSPS) is 12.4. The summed E-state index contributed by atoms with van der Waals surface area (Å²) < 4.78 is 0. The first-order valence-corrected chi connectivity index (χ1v) is 6.34. The van der Waals surface area contributed by atoms with Crippen molar-refractivity contribution >= 4 is 34.8 Å². The molecule has 17 heavy (non-hydrogen) atoms. The molecule has 0 N–H and O–H groups in total. The molecule has 1 atom stereocenters. The average molecular weight is 287 g/mol. The quantitative estimate of drug-likeness (QED) is 0.731. The van der Waals surface area contributed by atoms with Crippen molar-refractivity contribution < 1.29 is 0 Å². The molecule has 1 aromatic carbocycles. The number of rotatable bonds is 3. The highest BCUT2D eigenvalue weighted by Crippen LogP contribution is 2.32. The number of benzene rings is 1. The Morgan fingerprint density at radius 1 is 1.06 bits per heavy atom. The monoisotopic (exact) mass is 285 g/mol. The molecule has 2 rings (SSSR count). The molecule has 0 amide bonds. The van der Waals surface area contributed by atoms with Gasteiger partial charge in [0.05, 0.1) is 5.38 Å². The summed E-state index contributed by atoms with van der Waals surface area (Å²) in [7, 11) is 0. The molecule has 0 spiro atoms. The number of hydrogen-bond donors (Lipinski definition) is 0. The van der Waals surface area contributed by atoms with Crippen LogP contribution in [-0.2, 0) is 6.42 Å². The fourth-order valence-corrected chi connectivity index (χ4v) is 2.56. The number of alkyl halides is 1. The maximum atomic E-state index is 6.35. The lowest BCUT2D eigenvalue weighted by Crippen LogP contribution is -1.97. The minimum absolute atomic E-state index is 0.165. The van der Waals surface area contributed by atoms with Crippen LogP contribution in [0.2, 0.25) is 10.0 Å². The van der Waals surface area contributed by atoms with Crippen molar-refractivity contribution in [1.29, 1.82) is 0 Å². The van der Waals surface area contributed by atoms with E-state index < -0.39 is 0 Å². The zero-order chi connectivity index (χ0) is 12.3. The molecular weight excluding hydrogens is 277 g/mol. The SMILES string of the molecule is Clc1ccc(C(Cl)Cc2ccncc2)c(Cl)c1. The second-order valence-corrected chi connectivity index (χ2v) is 5.06. The molecule has 4 heteroatoms. The van der Waals surface area contributed by atoms with Crippen LogP contribution in [0.15, 0.2) is 42.7 Å². The van der Waals surface area contributed by atoms with E-state index in [9.17, 15) is 0 Å². The van der Waals surface area contributed by atoms with Crippen molar-refractivity contribution in [3.63, 3.8) is 0 Å². The molecule has 1 nitrogen and oxygen atoms in total. The topological polar surface area (TPSA) is 12.9 Å². The van der Waals surface area contributed by atoms with E-state index >= 15 is 0 Å². The molecule has 88 valence electrons. The Hall–Kier alpha value is -0.760. The standard InChI is InChI=1S/C13H10Cl3N/c14-10-1-2-11(13(16)8-10)12(15)7-9-3-5-17-6-4-9/h1-6,8,12H,7H2. The van der Waals surface area contributed by atoms with Gasteiger partial charge in [0.1, 0.15) is 0 Å². The van der Waals surface area contributed by atoms with Gasteiger partial charge in [-0.05, 0) is 41.8 Å². The lowest BCUT2D eigenvalue weighted by Gasteiger charge is -2.11. The van der Waals surface area contributed by atoms with Gasteiger partial charge in [-0.25, -0.2) is 0 Å². The summed E-state index contributed by atoms with van der Waals surface area (Å²) in [4.78, 5) is 3.97. The van der Waals surface area contributed by atoms with Gasteiger partial charge in [-0.15, -0.1) is 11.6 Å². The molecule has 0 saturated carbocycles. The Morgan fingerprint density at radius 3 is 2.41 bits per heavy atom. The Morgan fingerprint density at radius 2 is 1.76 bits per heavy atom. The van der Waals surface area contributed by atoms with Crippen molar-refractivity contribution in [2.24, 2.45) is 0 Å². The summed E-state index contributed by atoms with van der Waals surface area (Å²) >= 11 is 18.3. The van der Waals surface area contributed by atoms with Crippen molar-refractivity contribution in [2.45, 2.75) is 11.8 Å². The van der Waals surface area contributed by atoms with E-state index in [0.29, 0.717) is 16.5 Å². The predicted molar refractivity (Wildman–Crippen MR) is 73.0 cm³/mol. The van der Waals surface area contributed by atoms with Crippen molar-refractivity contribution in [3.05, 3.63) is 63.9 Å². The molecule has 0 aliphatic rings. The van der Waals surface area contributed by atoms with Crippen molar-refractivity contribution in [2.75, 3.05) is 0 Å². The summed E-state index contributed by atoms with van der Waals surface area (Å²) in [5.74, 6) is 0. The molecule has 0 aliphatic carbocycles. The zero-order valence-electron chi connectivity index (χ0n) is 8.91. The van der Waals surface area contributed by atoms with Gasteiger partial charge in [-0.2, -0.15) is 0 Å².